The predicted molar refractivity (Wildman–Crippen MR) is 88.1 cm³/mol. The first-order chi connectivity index (χ1) is 10.5. The van der Waals surface area contributed by atoms with Gasteiger partial charge in [0.1, 0.15) is 0 Å². The number of nitrogens with one attached hydrogen (secondary N) is 1. The summed E-state index contributed by atoms with van der Waals surface area (Å²) >= 11 is 0. The van der Waals surface area contributed by atoms with E-state index < -0.39 is 4.92 Å². The molecule has 0 aliphatic rings. The quantitative estimate of drug-likeness (QED) is 0.613. The molecule has 1 unspecified atom stereocenters. The number of non-ortho nitro benzene ring substituents is 1. The Morgan fingerprint density at radius 2 is 2.09 bits per heavy atom. The van der Waals surface area contributed by atoms with Gasteiger partial charge in [-0.05, 0) is 25.5 Å². The third-order valence-electron chi connectivity index (χ3n) is 3.06. The van der Waals surface area contributed by atoms with Crippen LogP contribution in [0.3, 0.4) is 0 Å². The van der Waals surface area contributed by atoms with Crippen LogP contribution in [0.15, 0.2) is 36.7 Å². The number of carbonyl (C=O) groups is 1. The number of rotatable bonds is 6. The molecule has 9 heteroatoms. The van der Waals surface area contributed by atoms with E-state index in [4.69, 9.17) is 5.73 Å². The molecule has 1 amide bonds. The lowest BCUT2D eigenvalue weighted by Gasteiger charge is -2.05. The van der Waals surface area contributed by atoms with Gasteiger partial charge >= 0.3 is 0 Å². The minimum absolute atomic E-state index is 0. The van der Waals surface area contributed by atoms with Crippen LogP contribution >= 0.6 is 12.4 Å². The zero-order chi connectivity index (χ0) is 16.1. The van der Waals surface area contributed by atoms with Crippen molar-refractivity contribution in [2.75, 3.05) is 6.54 Å². The van der Waals surface area contributed by atoms with Crippen molar-refractivity contribution < 1.29 is 9.72 Å². The van der Waals surface area contributed by atoms with Gasteiger partial charge in [-0.25, -0.2) is 4.68 Å². The van der Waals surface area contributed by atoms with Gasteiger partial charge < -0.3 is 11.1 Å². The molecule has 1 heterocycles. The van der Waals surface area contributed by atoms with Gasteiger partial charge in [-0.3, -0.25) is 14.9 Å². The molecule has 0 radical (unpaired) electrons. The normalized spacial score (nSPS) is 11.4. The topological polar surface area (TPSA) is 116 Å². The summed E-state index contributed by atoms with van der Waals surface area (Å²) in [4.78, 5) is 22.1. The lowest BCUT2D eigenvalue weighted by Crippen LogP contribution is -2.28. The first-order valence-electron chi connectivity index (χ1n) is 6.80. The average Bonchev–Trinajstić information content (AvgIpc) is 2.96. The first-order valence-corrected chi connectivity index (χ1v) is 6.80. The summed E-state index contributed by atoms with van der Waals surface area (Å²) in [6.45, 7) is 2.37. The number of nitrogens with two attached hydrogens (primary N) is 1. The van der Waals surface area contributed by atoms with Crippen molar-refractivity contribution in [3.05, 3.63) is 52.3 Å². The number of hydrogen-bond donors (Lipinski definition) is 2. The van der Waals surface area contributed by atoms with E-state index in [-0.39, 0.29) is 30.0 Å². The van der Waals surface area contributed by atoms with Crippen LogP contribution in [0.2, 0.25) is 0 Å². The van der Waals surface area contributed by atoms with Crippen LogP contribution in [0.1, 0.15) is 23.7 Å². The smallest absolute Gasteiger partial charge is 0.269 e. The predicted octanol–water partition coefficient (Wildman–Crippen LogP) is 1.67. The third-order valence-corrected chi connectivity index (χ3v) is 3.06. The monoisotopic (exact) mass is 339 g/mol. The lowest BCUT2D eigenvalue weighted by atomic mass is 10.2. The summed E-state index contributed by atoms with van der Waals surface area (Å²) in [6.07, 6.45) is 3.72. The number of nitro benzene ring substituents is 1. The highest BCUT2D eigenvalue weighted by molar-refractivity contribution is 5.93. The zero-order valence-electron chi connectivity index (χ0n) is 12.5. The second-order valence-electron chi connectivity index (χ2n) is 4.97. The number of nitro groups is 1. The molecule has 0 aliphatic carbocycles. The van der Waals surface area contributed by atoms with Crippen LogP contribution in [0.4, 0.5) is 5.69 Å². The Bertz CT molecular complexity index is 669. The van der Waals surface area contributed by atoms with Crippen molar-refractivity contribution in [3.8, 4) is 5.69 Å². The Balaban J connectivity index is 0.00000264. The van der Waals surface area contributed by atoms with Gasteiger partial charge in [0.25, 0.3) is 11.6 Å². The molecule has 0 saturated heterocycles. The molecule has 0 fully saturated rings. The highest BCUT2D eigenvalue weighted by Gasteiger charge is 2.10. The molecule has 2 rings (SSSR count). The summed E-state index contributed by atoms with van der Waals surface area (Å²) in [5, 5.41) is 17.5. The number of aromatic nitrogens is 2. The Labute approximate surface area is 139 Å². The molecule has 0 bridgehead atoms. The van der Waals surface area contributed by atoms with Crippen molar-refractivity contribution in [1.82, 2.24) is 15.1 Å². The highest BCUT2D eigenvalue weighted by Crippen LogP contribution is 2.15. The minimum Gasteiger partial charge on any atom is -0.352 e. The number of amides is 1. The van der Waals surface area contributed by atoms with Crippen molar-refractivity contribution >= 4 is 24.0 Å². The second kappa shape index (κ2) is 8.25. The third kappa shape index (κ3) is 5.04. The van der Waals surface area contributed by atoms with Gasteiger partial charge in [0.2, 0.25) is 0 Å². The van der Waals surface area contributed by atoms with E-state index in [1.165, 1.54) is 23.0 Å². The van der Waals surface area contributed by atoms with Crippen LogP contribution in [0, 0.1) is 10.1 Å². The van der Waals surface area contributed by atoms with Crippen molar-refractivity contribution in [2.24, 2.45) is 5.73 Å². The molecule has 23 heavy (non-hydrogen) atoms. The fraction of sp³-hybridized carbons (Fsp3) is 0.286. The molecular formula is C14H18ClN5O3. The van der Waals surface area contributed by atoms with Crippen LogP contribution in [0.5, 0.6) is 0 Å². The molecule has 0 spiro atoms. The molecule has 1 aromatic heterocycles. The molecule has 1 aromatic carbocycles. The van der Waals surface area contributed by atoms with Gasteiger partial charge in [0.05, 0.1) is 22.4 Å². The van der Waals surface area contributed by atoms with E-state index in [1.807, 2.05) is 6.92 Å². The molecule has 1 atom stereocenters. The Morgan fingerprint density at radius 1 is 1.43 bits per heavy atom. The van der Waals surface area contributed by atoms with Crippen LogP contribution in [-0.2, 0) is 0 Å². The lowest BCUT2D eigenvalue weighted by molar-refractivity contribution is -0.384. The summed E-state index contributed by atoms with van der Waals surface area (Å²) in [6, 6.07) is 5.95. The Kier molecular flexibility index (Phi) is 6.67. The van der Waals surface area contributed by atoms with Gasteiger partial charge in [0.15, 0.2) is 0 Å². The fourth-order valence-electron chi connectivity index (χ4n) is 1.82. The SMILES string of the molecule is CC(N)CCNC(=O)c1cnn(-c2ccc([N+](=O)[O-])cc2)c1.Cl. The molecule has 8 nitrogen and oxygen atoms in total. The van der Waals surface area contributed by atoms with E-state index in [2.05, 4.69) is 10.4 Å². The van der Waals surface area contributed by atoms with Gasteiger partial charge in [-0.15, -0.1) is 12.4 Å². The Hall–Kier alpha value is -2.45. The van der Waals surface area contributed by atoms with Crippen LogP contribution < -0.4 is 11.1 Å². The van der Waals surface area contributed by atoms with E-state index >= 15 is 0 Å². The number of hydrogen-bond acceptors (Lipinski definition) is 5. The second-order valence-corrected chi connectivity index (χ2v) is 4.97. The number of halogens is 1. The van der Waals surface area contributed by atoms with E-state index in [0.29, 0.717) is 24.2 Å². The summed E-state index contributed by atoms with van der Waals surface area (Å²) in [5.41, 5.74) is 6.68. The molecule has 124 valence electrons. The summed E-state index contributed by atoms with van der Waals surface area (Å²) in [7, 11) is 0. The van der Waals surface area contributed by atoms with Gasteiger partial charge in [-0.2, -0.15) is 5.10 Å². The average molecular weight is 340 g/mol. The molecule has 0 saturated carbocycles. The molecular weight excluding hydrogens is 322 g/mol. The maximum absolute atomic E-state index is 11.9. The zero-order valence-corrected chi connectivity index (χ0v) is 13.3. The molecule has 0 aliphatic heterocycles. The van der Waals surface area contributed by atoms with Crippen molar-refractivity contribution in [2.45, 2.75) is 19.4 Å². The largest absolute Gasteiger partial charge is 0.352 e. The number of benzene rings is 1. The summed E-state index contributed by atoms with van der Waals surface area (Å²) < 4.78 is 1.49. The van der Waals surface area contributed by atoms with Crippen molar-refractivity contribution in [3.63, 3.8) is 0 Å². The number of nitrogens with zero attached hydrogens (tertiary/aromatic N) is 3. The summed E-state index contributed by atoms with van der Waals surface area (Å²) in [5.74, 6) is -0.228. The molecule has 3 N–H and O–H groups in total. The van der Waals surface area contributed by atoms with Crippen molar-refractivity contribution in [1.29, 1.82) is 0 Å². The minimum atomic E-state index is -0.468. The standard InChI is InChI=1S/C14H17N5O3.ClH/c1-10(15)6-7-16-14(20)11-8-17-18(9-11)12-2-4-13(5-3-12)19(21)22;/h2-5,8-10H,6-7,15H2,1H3,(H,16,20);1H. The Morgan fingerprint density at radius 3 is 2.65 bits per heavy atom. The molecule has 2 aromatic rings. The fourth-order valence-corrected chi connectivity index (χ4v) is 1.82. The maximum Gasteiger partial charge on any atom is 0.269 e. The number of carbonyl (C=O) groups excluding carboxylic acids is 1. The van der Waals surface area contributed by atoms with E-state index in [1.54, 1.807) is 18.3 Å². The van der Waals surface area contributed by atoms with Gasteiger partial charge in [0, 0.05) is 30.9 Å². The van der Waals surface area contributed by atoms with E-state index in [9.17, 15) is 14.9 Å². The first kappa shape index (κ1) is 18.6. The highest BCUT2D eigenvalue weighted by atomic mass is 35.5. The van der Waals surface area contributed by atoms with Crippen LogP contribution in [0.25, 0.3) is 5.69 Å². The van der Waals surface area contributed by atoms with Crippen LogP contribution in [-0.4, -0.2) is 33.2 Å². The maximum atomic E-state index is 11.9. The van der Waals surface area contributed by atoms with Gasteiger partial charge in [-0.1, -0.05) is 0 Å². The van der Waals surface area contributed by atoms with E-state index in [0.717, 1.165) is 0 Å².